The van der Waals surface area contributed by atoms with Crippen LogP contribution in [-0.4, -0.2) is 9.97 Å². The highest BCUT2D eigenvalue weighted by Gasteiger charge is 2.15. The lowest BCUT2D eigenvalue weighted by Gasteiger charge is -2.11. The van der Waals surface area contributed by atoms with Gasteiger partial charge in [0.05, 0.1) is 21.1 Å². The molecular weight excluding hydrogens is 427 g/mol. The predicted octanol–water partition coefficient (Wildman–Crippen LogP) is 5.32. The molecule has 0 radical (unpaired) electrons. The summed E-state index contributed by atoms with van der Waals surface area (Å²) in [6, 6.07) is 5.17. The van der Waals surface area contributed by atoms with Crippen molar-refractivity contribution in [2.75, 3.05) is 5.32 Å². The second kappa shape index (κ2) is 5.85. The van der Waals surface area contributed by atoms with Gasteiger partial charge in [-0.3, -0.25) is 0 Å². The second-order valence-electron chi connectivity index (χ2n) is 4.35. The third kappa shape index (κ3) is 2.68. The van der Waals surface area contributed by atoms with Crippen LogP contribution in [0.15, 0.2) is 39.5 Å². The summed E-state index contributed by atoms with van der Waals surface area (Å²) in [6.07, 6.45) is 1.23. The molecule has 0 atom stereocenters. The van der Waals surface area contributed by atoms with Crippen LogP contribution in [0.3, 0.4) is 0 Å². The first kappa shape index (κ1) is 15.2. The van der Waals surface area contributed by atoms with E-state index < -0.39 is 17.5 Å². The third-order valence-electron chi connectivity index (χ3n) is 2.94. The number of nitrogens with one attached hydrogen (secondary N) is 1. The Morgan fingerprint density at radius 3 is 2.50 bits per heavy atom. The lowest BCUT2D eigenvalue weighted by atomic mass is 10.2. The van der Waals surface area contributed by atoms with Gasteiger partial charge < -0.3 is 5.32 Å². The van der Waals surface area contributed by atoms with E-state index in [0.717, 1.165) is 6.07 Å². The number of nitrogens with zero attached hydrogens (tertiary/aromatic N) is 2. The highest BCUT2D eigenvalue weighted by Crippen LogP contribution is 2.31. The van der Waals surface area contributed by atoms with Crippen molar-refractivity contribution < 1.29 is 13.2 Å². The fourth-order valence-electron chi connectivity index (χ4n) is 1.95. The van der Waals surface area contributed by atoms with Crippen molar-refractivity contribution in [1.29, 1.82) is 0 Å². The molecule has 0 aliphatic heterocycles. The van der Waals surface area contributed by atoms with Crippen LogP contribution in [0.2, 0.25) is 0 Å². The SMILES string of the molecule is Fc1ccc(Nc2ncnc3cc(Br)cc(F)c23)c(F)c1Br. The molecule has 1 heterocycles. The van der Waals surface area contributed by atoms with Crippen molar-refractivity contribution in [2.45, 2.75) is 0 Å². The Hall–Kier alpha value is -1.67. The van der Waals surface area contributed by atoms with E-state index in [1.165, 1.54) is 18.5 Å². The number of fused-ring (bicyclic) bond motifs is 1. The predicted molar refractivity (Wildman–Crippen MR) is 84.5 cm³/mol. The van der Waals surface area contributed by atoms with E-state index in [-0.39, 0.29) is 21.4 Å². The van der Waals surface area contributed by atoms with E-state index in [4.69, 9.17) is 0 Å². The van der Waals surface area contributed by atoms with Crippen molar-refractivity contribution in [2.24, 2.45) is 0 Å². The normalized spacial score (nSPS) is 11.0. The molecule has 2 aromatic carbocycles. The molecule has 8 heteroatoms. The van der Waals surface area contributed by atoms with E-state index in [2.05, 4.69) is 47.1 Å². The molecule has 0 aliphatic carbocycles. The van der Waals surface area contributed by atoms with Crippen LogP contribution in [0.1, 0.15) is 0 Å². The van der Waals surface area contributed by atoms with Gasteiger partial charge in [-0.1, -0.05) is 15.9 Å². The summed E-state index contributed by atoms with van der Waals surface area (Å²) in [5.41, 5.74) is 0.321. The van der Waals surface area contributed by atoms with Crippen LogP contribution < -0.4 is 5.32 Å². The zero-order valence-electron chi connectivity index (χ0n) is 10.7. The van der Waals surface area contributed by atoms with E-state index in [1.54, 1.807) is 6.07 Å². The molecule has 3 rings (SSSR count). The van der Waals surface area contributed by atoms with Crippen LogP contribution >= 0.6 is 31.9 Å². The smallest absolute Gasteiger partial charge is 0.163 e. The minimum absolute atomic E-state index is 0.0319. The summed E-state index contributed by atoms with van der Waals surface area (Å²) in [5.74, 6) is -2.03. The standard InChI is InChI=1S/C14H6Br2F3N3/c15-6-3-8(18)11-10(4-6)20-5-21-14(11)22-9-2-1-7(17)12(16)13(9)19/h1-5H,(H,20,21,22). The summed E-state index contributed by atoms with van der Waals surface area (Å²) in [5, 5.41) is 2.78. The van der Waals surface area contributed by atoms with Crippen LogP contribution in [0.5, 0.6) is 0 Å². The largest absolute Gasteiger partial charge is 0.337 e. The Morgan fingerprint density at radius 1 is 0.955 bits per heavy atom. The van der Waals surface area contributed by atoms with Crippen molar-refractivity contribution in [3.63, 3.8) is 0 Å². The fourth-order valence-corrected chi connectivity index (χ4v) is 2.72. The Morgan fingerprint density at radius 2 is 1.73 bits per heavy atom. The highest BCUT2D eigenvalue weighted by molar-refractivity contribution is 9.10. The van der Waals surface area contributed by atoms with Gasteiger partial charge in [-0.25, -0.2) is 23.1 Å². The number of halogens is 5. The molecule has 112 valence electrons. The number of rotatable bonds is 2. The second-order valence-corrected chi connectivity index (χ2v) is 6.06. The van der Waals surface area contributed by atoms with Gasteiger partial charge in [0.1, 0.15) is 23.8 Å². The Kier molecular flexibility index (Phi) is 4.05. The quantitative estimate of drug-likeness (QED) is 0.557. The summed E-state index contributed by atoms with van der Waals surface area (Å²) < 4.78 is 41.6. The van der Waals surface area contributed by atoms with Gasteiger partial charge in [-0.15, -0.1) is 0 Å². The minimum Gasteiger partial charge on any atom is -0.337 e. The van der Waals surface area contributed by atoms with Crippen LogP contribution in [0, 0.1) is 17.5 Å². The minimum atomic E-state index is -0.829. The topological polar surface area (TPSA) is 37.8 Å². The van der Waals surface area contributed by atoms with Crippen molar-refractivity contribution in [3.8, 4) is 0 Å². The first-order chi connectivity index (χ1) is 10.5. The number of hydrogen-bond acceptors (Lipinski definition) is 3. The van der Waals surface area contributed by atoms with Crippen molar-refractivity contribution in [3.05, 3.63) is 57.0 Å². The molecule has 0 unspecified atom stereocenters. The summed E-state index contributed by atoms with van der Waals surface area (Å²) in [7, 11) is 0. The maximum absolute atomic E-state index is 14.1. The average molecular weight is 433 g/mol. The maximum Gasteiger partial charge on any atom is 0.163 e. The Labute approximate surface area is 139 Å². The maximum atomic E-state index is 14.1. The van der Waals surface area contributed by atoms with Crippen molar-refractivity contribution in [1.82, 2.24) is 9.97 Å². The molecule has 0 amide bonds. The van der Waals surface area contributed by atoms with Gasteiger partial charge in [0.2, 0.25) is 0 Å². The Bertz CT molecular complexity index is 887. The highest BCUT2D eigenvalue weighted by atomic mass is 79.9. The zero-order chi connectivity index (χ0) is 15.9. The number of hydrogen-bond donors (Lipinski definition) is 1. The van der Waals surface area contributed by atoms with Gasteiger partial charge in [-0.05, 0) is 40.2 Å². The van der Waals surface area contributed by atoms with E-state index >= 15 is 0 Å². The molecule has 0 spiro atoms. The molecule has 3 aromatic rings. The first-order valence-electron chi connectivity index (χ1n) is 5.97. The van der Waals surface area contributed by atoms with E-state index in [1.807, 2.05) is 0 Å². The molecule has 22 heavy (non-hydrogen) atoms. The first-order valence-corrected chi connectivity index (χ1v) is 7.56. The van der Waals surface area contributed by atoms with Crippen LogP contribution in [-0.2, 0) is 0 Å². The lowest BCUT2D eigenvalue weighted by molar-refractivity contribution is 0.574. The van der Waals surface area contributed by atoms with Crippen LogP contribution in [0.4, 0.5) is 24.7 Å². The third-order valence-corrected chi connectivity index (χ3v) is 4.13. The zero-order valence-corrected chi connectivity index (χ0v) is 13.8. The molecule has 3 nitrogen and oxygen atoms in total. The molecular formula is C14H6Br2F3N3. The summed E-state index contributed by atoms with van der Waals surface area (Å²) in [4.78, 5) is 7.91. The monoisotopic (exact) mass is 431 g/mol. The molecule has 0 fully saturated rings. The number of benzene rings is 2. The molecule has 1 N–H and O–H groups in total. The van der Waals surface area contributed by atoms with Gasteiger partial charge >= 0.3 is 0 Å². The van der Waals surface area contributed by atoms with Gasteiger partial charge in [0, 0.05) is 4.47 Å². The summed E-state index contributed by atoms with van der Waals surface area (Å²) in [6.45, 7) is 0. The van der Waals surface area contributed by atoms with Gasteiger partial charge in [-0.2, -0.15) is 0 Å². The van der Waals surface area contributed by atoms with E-state index in [9.17, 15) is 13.2 Å². The average Bonchev–Trinajstić information content (AvgIpc) is 2.47. The van der Waals surface area contributed by atoms with Crippen LogP contribution in [0.25, 0.3) is 10.9 Å². The molecule has 0 aliphatic rings. The molecule has 0 bridgehead atoms. The fraction of sp³-hybridized carbons (Fsp3) is 0. The number of anilines is 2. The lowest BCUT2D eigenvalue weighted by Crippen LogP contribution is -2.01. The van der Waals surface area contributed by atoms with Crippen molar-refractivity contribution >= 4 is 54.3 Å². The summed E-state index contributed by atoms with van der Waals surface area (Å²) >= 11 is 5.99. The molecule has 0 saturated carbocycles. The Balaban J connectivity index is 2.14. The number of aromatic nitrogens is 2. The van der Waals surface area contributed by atoms with Gasteiger partial charge in [0.25, 0.3) is 0 Å². The van der Waals surface area contributed by atoms with Gasteiger partial charge in [0.15, 0.2) is 5.82 Å². The molecule has 0 saturated heterocycles. The molecule has 1 aromatic heterocycles. The van der Waals surface area contributed by atoms with E-state index in [0.29, 0.717) is 9.99 Å².